The summed E-state index contributed by atoms with van der Waals surface area (Å²) in [6.45, 7) is 3.65. The van der Waals surface area contributed by atoms with Crippen LogP contribution in [-0.2, 0) is 0 Å². The van der Waals surface area contributed by atoms with Crippen LogP contribution in [0.3, 0.4) is 0 Å². The monoisotopic (exact) mass is 460 g/mol. The van der Waals surface area contributed by atoms with Crippen molar-refractivity contribution in [3.63, 3.8) is 0 Å². The second-order valence-corrected chi connectivity index (χ2v) is 8.85. The summed E-state index contributed by atoms with van der Waals surface area (Å²) in [5.41, 5.74) is 8.27. The quantitative estimate of drug-likeness (QED) is 0.452. The van der Waals surface area contributed by atoms with Crippen molar-refractivity contribution in [3.05, 3.63) is 72.2 Å². The van der Waals surface area contributed by atoms with Crippen molar-refractivity contribution in [2.75, 3.05) is 23.3 Å². The van der Waals surface area contributed by atoms with Crippen molar-refractivity contribution < 1.29 is 13.5 Å². The molecule has 1 saturated heterocycles. The van der Waals surface area contributed by atoms with Crippen LogP contribution in [0.4, 0.5) is 26.1 Å². The van der Waals surface area contributed by atoms with Crippen LogP contribution in [0.5, 0.6) is 11.5 Å². The third-order valence-electron chi connectivity index (χ3n) is 6.66. The standard InChI is InChI=1S/C25H22F2N6O/c1-13-7-14(5-6-21(13)34-24-18(26)3-2-4-19(24)27)32-25-15-8-22(29-9-20(15)30-12-31-25)33-10-16-17(11-33)23(16)28/h2-9,12,16-17,23H,10-11,28H2,1H3,(H,30,31,32). The molecule has 2 fully saturated rings. The van der Waals surface area contributed by atoms with Gasteiger partial charge in [-0.3, -0.25) is 0 Å². The number of aryl methyl sites for hydroxylation is 1. The lowest BCUT2D eigenvalue weighted by Crippen LogP contribution is -2.28. The number of pyridine rings is 1. The molecule has 1 saturated carbocycles. The molecule has 2 unspecified atom stereocenters. The Morgan fingerprint density at radius 1 is 1.03 bits per heavy atom. The predicted octanol–water partition coefficient (Wildman–Crippen LogP) is 4.54. The van der Waals surface area contributed by atoms with Crippen LogP contribution < -0.4 is 20.7 Å². The van der Waals surface area contributed by atoms with Crippen LogP contribution in [0.25, 0.3) is 10.9 Å². The van der Waals surface area contributed by atoms with Gasteiger partial charge in [0.05, 0.1) is 11.7 Å². The molecule has 0 bridgehead atoms. The number of hydrogen-bond acceptors (Lipinski definition) is 7. The Kier molecular flexibility index (Phi) is 4.80. The molecular formula is C25H22F2N6O. The van der Waals surface area contributed by atoms with E-state index in [1.165, 1.54) is 12.4 Å². The molecule has 0 spiro atoms. The van der Waals surface area contributed by atoms with E-state index in [0.717, 1.165) is 47.6 Å². The second kappa shape index (κ2) is 7.88. The fourth-order valence-electron chi connectivity index (χ4n) is 4.65. The Morgan fingerprint density at radius 2 is 1.79 bits per heavy atom. The van der Waals surface area contributed by atoms with Gasteiger partial charge in [-0.25, -0.2) is 23.7 Å². The van der Waals surface area contributed by atoms with Gasteiger partial charge < -0.3 is 20.7 Å². The Balaban J connectivity index is 1.26. The molecule has 4 aromatic rings. The van der Waals surface area contributed by atoms with E-state index < -0.39 is 17.4 Å². The number of para-hydroxylation sites is 1. The van der Waals surface area contributed by atoms with Crippen LogP contribution in [0.15, 0.2) is 55.0 Å². The highest BCUT2D eigenvalue weighted by Crippen LogP contribution is 2.45. The smallest absolute Gasteiger partial charge is 0.198 e. The fraction of sp³-hybridized carbons (Fsp3) is 0.240. The van der Waals surface area contributed by atoms with Crippen molar-refractivity contribution in [2.45, 2.75) is 13.0 Å². The number of piperidine rings is 1. The fourth-order valence-corrected chi connectivity index (χ4v) is 4.65. The van der Waals surface area contributed by atoms with Crippen LogP contribution in [0, 0.1) is 30.4 Å². The molecule has 1 aliphatic carbocycles. The minimum atomic E-state index is -0.754. The number of nitrogens with one attached hydrogen (secondary N) is 1. The molecule has 2 atom stereocenters. The van der Waals surface area contributed by atoms with E-state index in [4.69, 9.17) is 10.5 Å². The van der Waals surface area contributed by atoms with Gasteiger partial charge in [0.1, 0.15) is 23.7 Å². The van der Waals surface area contributed by atoms with Crippen molar-refractivity contribution in [3.8, 4) is 11.5 Å². The second-order valence-electron chi connectivity index (χ2n) is 8.85. The number of ether oxygens (including phenoxy) is 1. The summed E-state index contributed by atoms with van der Waals surface area (Å²) in [5.74, 6) is 1.08. The largest absolute Gasteiger partial charge is 0.451 e. The van der Waals surface area contributed by atoms with E-state index in [2.05, 4.69) is 25.2 Å². The minimum Gasteiger partial charge on any atom is -0.451 e. The Morgan fingerprint density at radius 3 is 2.53 bits per heavy atom. The lowest BCUT2D eigenvalue weighted by molar-refractivity contribution is 0.405. The van der Waals surface area contributed by atoms with E-state index in [0.29, 0.717) is 35.0 Å². The summed E-state index contributed by atoms with van der Waals surface area (Å²) in [6, 6.07) is 11.2. The van der Waals surface area contributed by atoms with Crippen LogP contribution >= 0.6 is 0 Å². The lowest BCUT2D eigenvalue weighted by atomic mass is 10.2. The number of fused-ring (bicyclic) bond motifs is 2. The molecule has 1 aliphatic heterocycles. The highest BCUT2D eigenvalue weighted by molar-refractivity contribution is 5.92. The molecule has 2 aromatic carbocycles. The van der Waals surface area contributed by atoms with Crippen LogP contribution in [0.2, 0.25) is 0 Å². The van der Waals surface area contributed by atoms with Crippen molar-refractivity contribution in [2.24, 2.45) is 17.6 Å². The third-order valence-corrected chi connectivity index (χ3v) is 6.66. The van der Waals surface area contributed by atoms with Gasteiger partial charge >= 0.3 is 0 Å². The zero-order valence-corrected chi connectivity index (χ0v) is 18.4. The van der Waals surface area contributed by atoms with Gasteiger partial charge in [0.15, 0.2) is 17.4 Å². The first-order valence-electron chi connectivity index (χ1n) is 11.1. The van der Waals surface area contributed by atoms with Gasteiger partial charge in [0, 0.05) is 30.2 Å². The van der Waals surface area contributed by atoms with Crippen molar-refractivity contribution >= 4 is 28.2 Å². The highest BCUT2D eigenvalue weighted by Gasteiger charge is 2.53. The number of anilines is 3. The van der Waals surface area contributed by atoms with E-state index >= 15 is 0 Å². The predicted molar refractivity (Wildman–Crippen MR) is 125 cm³/mol. The van der Waals surface area contributed by atoms with E-state index in [1.54, 1.807) is 18.3 Å². The molecule has 7 nitrogen and oxygen atoms in total. The van der Waals surface area contributed by atoms with Gasteiger partial charge in [-0.2, -0.15) is 0 Å². The average molecular weight is 460 g/mol. The number of hydrogen-bond donors (Lipinski definition) is 2. The van der Waals surface area contributed by atoms with Gasteiger partial charge in [-0.1, -0.05) is 6.07 Å². The molecule has 2 aromatic heterocycles. The van der Waals surface area contributed by atoms with Crippen molar-refractivity contribution in [1.82, 2.24) is 15.0 Å². The molecule has 6 rings (SSSR count). The molecule has 2 aliphatic rings. The normalized spacial score (nSPS) is 20.9. The maximum atomic E-state index is 14.0. The van der Waals surface area contributed by atoms with E-state index in [9.17, 15) is 8.78 Å². The molecular weight excluding hydrogens is 438 g/mol. The number of halogens is 2. The van der Waals surface area contributed by atoms with Gasteiger partial charge in [-0.05, 0) is 60.7 Å². The van der Waals surface area contributed by atoms with Crippen LogP contribution in [-0.4, -0.2) is 34.1 Å². The molecule has 0 radical (unpaired) electrons. The molecule has 3 heterocycles. The van der Waals surface area contributed by atoms with Gasteiger partial charge in [0.2, 0.25) is 0 Å². The van der Waals surface area contributed by atoms with Crippen LogP contribution in [0.1, 0.15) is 5.56 Å². The summed E-state index contributed by atoms with van der Waals surface area (Å²) < 4.78 is 33.4. The molecule has 0 amide bonds. The van der Waals surface area contributed by atoms with Gasteiger partial charge in [0.25, 0.3) is 0 Å². The number of rotatable bonds is 5. The molecule has 34 heavy (non-hydrogen) atoms. The molecule has 9 heteroatoms. The number of nitrogens with two attached hydrogens (primary N) is 1. The Bertz CT molecular complexity index is 1380. The first-order valence-corrected chi connectivity index (χ1v) is 11.1. The summed E-state index contributed by atoms with van der Waals surface area (Å²) in [4.78, 5) is 15.6. The maximum Gasteiger partial charge on any atom is 0.198 e. The lowest BCUT2D eigenvalue weighted by Gasteiger charge is -2.20. The van der Waals surface area contributed by atoms with E-state index in [-0.39, 0.29) is 0 Å². The summed E-state index contributed by atoms with van der Waals surface area (Å²) in [5, 5.41) is 4.17. The minimum absolute atomic E-state index is 0.322. The first-order chi connectivity index (χ1) is 16.5. The van der Waals surface area contributed by atoms with Gasteiger partial charge in [-0.15, -0.1) is 0 Å². The Hall–Kier alpha value is -3.85. The zero-order chi connectivity index (χ0) is 23.4. The summed E-state index contributed by atoms with van der Waals surface area (Å²) in [6.07, 6.45) is 3.24. The van der Waals surface area contributed by atoms with E-state index in [1.807, 2.05) is 19.1 Å². The SMILES string of the molecule is Cc1cc(Nc2ncnc3cnc(N4CC5C(N)C5C4)cc23)ccc1Oc1c(F)cccc1F. The highest BCUT2D eigenvalue weighted by atomic mass is 19.1. The Labute approximate surface area is 194 Å². The zero-order valence-electron chi connectivity index (χ0n) is 18.4. The third kappa shape index (κ3) is 3.58. The number of aromatic nitrogens is 3. The number of benzene rings is 2. The molecule has 3 N–H and O–H groups in total. The average Bonchev–Trinajstić information content (AvgIpc) is 3.22. The summed E-state index contributed by atoms with van der Waals surface area (Å²) in [7, 11) is 0. The first kappa shape index (κ1) is 20.7. The van der Waals surface area contributed by atoms with Crippen molar-refractivity contribution in [1.29, 1.82) is 0 Å². The summed E-state index contributed by atoms with van der Waals surface area (Å²) >= 11 is 0. The topological polar surface area (TPSA) is 89.2 Å². The number of nitrogens with zero attached hydrogens (tertiary/aromatic N) is 4. The molecule has 172 valence electrons. The maximum absolute atomic E-state index is 14.0.